The molecule has 0 aliphatic rings. The number of aromatic amines is 1. The average Bonchev–Trinajstić information content (AvgIpc) is 2.92. The van der Waals surface area contributed by atoms with E-state index >= 15 is 0 Å². The third kappa shape index (κ3) is 2.92. The van der Waals surface area contributed by atoms with E-state index in [0.29, 0.717) is 17.2 Å². The second-order valence-electron chi connectivity index (χ2n) is 5.90. The fraction of sp³-hybridized carbons (Fsp3) is 0.294. The Morgan fingerprint density at radius 2 is 1.96 bits per heavy atom. The van der Waals surface area contributed by atoms with Crippen LogP contribution >= 0.6 is 0 Å². The van der Waals surface area contributed by atoms with Gasteiger partial charge in [-0.1, -0.05) is 13.8 Å². The summed E-state index contributed by atoms with van der Waals surface area (Å²) in [6.07, 6.45) is 1.73. The summed E-state index contributed by atoms with van der Waals surface area (Å²) < 4.78 is 1.71. The van der Waals surface area contributed by atoms with Crippen LogP contribution in [0.3, 0.4) is 0 Å². The summed E-state index contributed by atoms with van der Waals surface area (Å²) >= 11 is 0. The molecule has 3 aromatic rings. The van der Waals surface area contributed by atoms with Crippen LogP contribution in [0, 0.1) is 13.8 Å². The molecule has 0 saturated carbocycles. The van der Waals surface area contributed by atoms with Gasteiger partial charge >= 0.3 is 0 Å². The van der Waals surface area contributed by atoms with Crippen molar-refractivity contribution in [2.45, 2.75) is 33.6 Å². The highest BCUT2D eigenvalue weighted by molar-refractivity contribution is 5.57. The van der Waals surface area contributed by atoms with Crippen LogP contribution in [0.25, 0.3) is 17.1 Å². The number of aromatic nitrogens is 5. The van der Waals surface area contributed by atoms with Crippen LogP contribution in [-0.4, -0.2) is 24.7 Å². The highest BCUT2D eigenvalue weighted by Crippen LogP contribution is 2.21. The molecule has 0 saturated heterocycles. The van der Waals surface area contributed by atoms with Gasteiger partial charge in [-0.25, -0.2) is 9.67 Å². The molecule has 0 fully saturated rings. The smallest absolute Gasteiger partial charge is 0.259 e. The standard InChI is InChI=1S/C17H19N5O/c1-10(2)15-20-16(14-6-5-11(3)19-17(14)23)22(21-15)13-7-8-18-12(4)9-13/h5-10H,1-4H3,(H,19,23). The Labute approximate surface area is 134 Å². The maximum absolute atomic E-state index is 12.3. The van der Waals surface area contributed by atoms with Crippen molar-refractivity contribution in [3.05, 3.63) is 58.0 Å². The van der Waals surface area contributed by atoms with Crippen molar-refractivity contribution >= 4 is 0 Å². The molecule has 0 aromatic carbocycles. The molecule has 23 heavy (non-hydrogen) atoms. The molecular weight excluding hydrogens is 290 g/mol. The normalized spacial score (nSPS) is 11.2. The summed E-state index contributed by atoms with van der Waals surface area (Å²) in [6, 6.07) is 7.43. The molecule has 0 unspecified atom stereocenters. The molecule has 3 heterocycles. The number of H-pyrrole nitrogens is 1. The lowest BCUT2D eigenvalue weighted by molar-refractivity contribution is 0.753. The van der Waals surface area contributed by atoms with E-state index in [0.717, 1.165) is 17.1 Å². The predicted molar refractivity (Wildman–Crippen MR) is 88.8 cm³/mol. The number of pyridine rings is 2. The van der Waals surface area contributed by atoms with E-state index < -0.39 is 0 Å². The lowest BCUT2D eigenvalue weighted by Gasteiger charge is -2.06. The van der Waals surface area contributed by atoms with E-state index in [9.17, 15) is 4.79 Å². The molecule has 6 heteroatoms. The van der Waals surface area contributed by atoms with Crippen molar-refractivity contribution < 1.29 is 0 Å². The lowest BCUT2D eigenvalue weighted by atomic mass is 10.2. The highest BCUT2D eigenvalue weighted by atomic mass is 16.1. The molecule has 3 rings (SSSR count). The predicted octanol–water partition coefficient (Wildman–Crippen LogP) is 2.76. The Hall–Kier alpha value is -2.76. The molecule has 0 radical (unpaired) electrons. The molecule has 1 N–H and O–H groups in total. The first-order valence-corrected chi connectivity index (χ1v) is 7.56. The van der Waals surface area contributed by atoms with Crippen molar-refractivity contribution in [1.29, 1.82) is 0 Å². The van der Waals surface area contributed by atoms with Crippen LogP contribution in [-0.2, 0) is 0 Å². The number of hydrogen-bond acceptors (Lipinski definition) is 4. The van der Waals surface area contributed by atoms with Gasteiger partial charge in [0.25, 0.3) is 5.56 Å². The number of aryl methyl sites for hydroxylation is 2. The van der Waals surface area contributed by atoms with Gasteiger partial charge in [-0.05, 0) is 38.1 Å². The number of rotatable bonds is 3. The van der Waals surface area contributed by atoms with Gasteiger partial charge in [-0.3, -0.25) is 9.78 Å². The van der Waals surface area contributed by atoms with Crippen molar-refractivity contribution in [2.75, 3.05) is 0 Å². The molecule has 0 aliphatic heterocycles. The van der Waals surface area contributed by atoms with Gasteiger partial charge in [0.1, 0.15) is 0 Å². The Morgan fingerprint density at radius 3 is 2.61 bits per heavy atom. The maximum Gasteiger partial charge on any atom is 0.259 e. The second kappa shape index (κ2) is 5.79. The van der Waals surface area contributed by atoms with Crippen LogP contribution in [0.4, 0.5) is 0 Å². The highest BCUT2D eigenvalue weighted by Gasteiger charge is 2.18. The van der Waals surface area contributed by atoms with Crippen LogP contribution in [0.5, 0.6) is 0 Å². The summed E-state index contributed by atoms with van der Waals surface area (Å²) in [7, 11) is 0. The molecule has 6 nitrogen and oxygen atoms in total. The van der Waals surface area contributed by atoms with E-state index in [1.54, 1.807) is 16.9 Å². The number of nitrogens with one attached hydrogen (secondary N) is 1. The maximum atomic E-state index is 12.3. The van der Waals surface area contributed by atoms with Crippen molar-refractivity contribution in [1.82, 2.24) is 24.7 Å². The van der Waals surface area contributed by atoms with Gasteiger partial charge in [0.05, 0.1) is 11.3 Å². The van der Waals surface area contributed by atoms with Crippen LogP contribution in [0.2, 0.25) is 0 Å². The van der Waals surface area contributed by atoms with Gasteiger partial charge in [0.15, 0.2) is 11.6 Å². The largest absolute Gasteiger partial charge is 0.326 e. The van der Waals surface area contributed by atoms with E-state index in [4.69, 9.17) is 0 Å². The zero-order chi connectivity index (χ0) is 16.6. The third-order valence-corrected chi connectivity index (χ3v) is 3.56. The quantitative estimate of drug-likeness (QED) is 0.807. The Morgan fingerprint density at radius 1 is 1.17 bits per heavy atom. The zero-order valence-corrected chi connectivity index (χ0v) is 13.7. The summed E-state index contributed by atoms with van der Waals surface area (Å²) in [5.41, 5.74) is 2.87. The van der Waals surface area contributed by atoms with Crippen molar-refractivity contribution in [3.63, 3.8) is 0 Å². The minimum Gasteiger partial charge on any atom is -0.326 e. The van der Waals surface area contributed by atoms with Crippen LogP contribution in [0.1, 0.15) is 37.0 Å². The summed E-state index contributed by atoms with van der Waals surface area (Å²) in [4.78, 5) is 23.9. The zero-order valence-electron chi connectivity index (χ0n) is 13.7. The Bertz CT molecular complexity index is 907. The summed E-state index contributed by atoms with van der Waals surface area (Å²) in [5, 5.41) is 4.59. The summed E-state index contributed by atoms with van der Waals surface area (Å²) in [6.45, 7) is 7.82. The van der Waals surface area contributed by atoms with E-state index in [1.165, 1.54) is 0 Å². The average molecular weight is 309 g/mol. The molecule has 118 valence electrons. The fourth-order valence-electron chi connectivity index (χ4n) is 2.34. The second-order valence-corrected chi connectivity index (χ2v) is 5.90. The minimum atomic E-state index is -0.167. The van der Waals surface area contributed by atoms with Crippen molar-refractivity contribution in [3.8, 4) is 17.1 Å². The van der Waals surface area contributed by atoms with Crippen LogP contribution < -0.4 is 5.56 Å². The van der Waals surface area contributed by atoms with Crippen LogP contribution in [0.15, 0.2) is 35.3 Å². The molecular formula is C17H19N5O. The molecule has 0 amide bonds. The minimum absolute atomic E-state index is 0.167. The first-order chi connectivity index (χ1) is 11.0. The van der Waals surface area contributed by atoms with Gasteiger partial charge in [0, 0.05) is 23.5 Å². The first kappa shape index (κ1) is 15.1. The molecule has 0 atom stereocenters. The van der Waals surface area contributed by atoms with E-state index in [1.807, 2.05) is 45.9 Å². The fourth-order valence-corrected chi connectivity index (χ4v) is 2.34. The SMILES string of the molecule is Cc1cc(-n2nc(C(C)C)nc2-c2ccc(C)[nH]c2=O)ccn1. The molecule has 0 spiro atoms. The first-order valence-electron chi connectivity index (χ1n) is 7.56. The monoisotopic (exact) mass is 309 g/mol. The lowest BCUT2D eigenvalue weighted by Crippen LogP contribution is -2.12. The molecule has 3 aromatic heterocycles. The Balaban J connectivity index is 2.25. The van der Waals surface area contributed by atoms with E-state index in [2.05, 4.69) is 20.1 Å². The molecule has 0 aliphatic carbocycles. The summed E-state index contributed by atoms with van der Waals surface area (Å²) in [5.74, 6) is 1.41. The van der Waals surface area contributed by atoms with E-state index in [-0.39, 0.29) is 11.5 Å². The van der Waals surface area contributed by atoms with Gasteiger partial charge in [0.2, 0.25) is 0 Å². The molecule has 0 bridgehead atoms. The Kier molecular flexibility index (Phi) is 3.82. The number of hydrogen-bond donors (Lipinski definition) is 1. The van der Waals surface area contributed by atoms with Gasteiger partial charge in [-0.15, -0.1) is 0 Å². The van der Waals surface area contributed by atoms with Crippen molar-refractivity contribution in [2.24, 2.45) is 0 Å². The van der Waals surface area contributed by atoms with Gasteiger partial charge < -0.3 is 4.98 Å². The topological polar surface area (TPSA) is 76.5 Å². The number of nitrogens with zero attached hydrogens (tertiary/aromatic N) is 4. The third-order valence-electron chi connectivity index (χ3n) is 3.56. The van der Waals surface area contributed by atoms with Gasteiger partial charge in [-0.2, -0.15) is 5.10 Å².